The van der Waals surface area contributed by atoms with Crippen molar-refractivity contribution in [2.24, 2.45) is 4.99 Å². The van der Waals surface area contributed by atoms with Crippen molar-refractivity contribution in [1.29, 1.82) is 0 Å². The van der Waals surface area contributed by atoms with Crippen LogP contribution in [0.15, 0.2) is 4.99 Å². The molecule has 0 amide bonds. The molecule has 0 saturated heterocycles. The maximum absolute atomic E-state index is 10.2. The predicted molar refractivity (Wildman–Crippen MR) is 35.2 cm³/mol. The molecular weight excluding hydrogens is 134 g/mol. The number of aliphatic carboxylic acids is 1. The van der Waals surface area contributed by atoms with Crippen LogP contribution < -0.4 is 0 Å². The van der Waals surface area contributed by atoms with E-state index >= 15 is 0 Å². The molecule has 0 aromatic carbocycles. The number of aliphatic hydroxyl groups excluding tert-OH is 1. The van der Waals surface area contributed by atoms with Gasteiger partial charge in [-0.25, -0.2) is 4.79 Å². The SMILES string of the molecule is O=C(O)C1=NC[C@@H](O)CC1. The third-order valence-corrected chi connectivity index (χ3v) is 1.45. The first kappa shape index (κ1) is 7.21. The molecule has 0 radical (unpaired) electrons. The monoisotopic (exact) mass is 143 g/mol. The molecule has 1 aliphatic heterocycles. The van der Waals surface area contributed by atoms with E-state index in [0.717, 1.165) is 0 Å². The Balaban J connectivity index is 2.56. The normalized spacial score (nSPS) is 25.7. The number of carboxylic acid groups (broad SMARTS) is 1. The van der Waals surface area contributed by atoms with Crippen molar-refractivity contribution in [3.8, 4) is 0 Å². The van der Waals surface area contributed by atoms with E-state index in [-0.39, 0.29) is 12.3 Å². The molecular formula is C6H9NO3. The quantitative estimate of drug-likeness (QED) is 0.528. The van der Waals surface area contributed by atoms with Crippen LogP contribution in [0.5, 0.6) is 0 Å². The van der Waals surface area contributed by atoms with Gasteiger partial charge in [-0.3, -0.25) is 4.99 Å². The van der Waals surface area contributed by atoms with Crippen molar-refractivity contribution in [3.05, 3.63) is 0 Å². The van der Waals surface area contributed by atoms with Gasteiger partial charge in [0, 0.05) is 0 Å². The minimum absolute atomic E-state index is 0.185. The zero-order chi connectivity index (χ0) is 7.56. The van der Waals surface area contributed by atoms with Gasteiger partial charge in [-0.1, -0.05) is 0 Å². The third kappa shape index (κ3) is 1.54. The van der Waals surface area contributed by atoms with Crippen LogP contribution in [0.3, 0.4) is 0 Å². The second kappa shape index (κ2) is 2.79. The first-order valence-corrected chi connectivity index (χ1v) is 3.15. The average molecular weight is 143 g/mol. The van der Waals surface area contributed by atoms with Crippen molar-refractivity contribution in [1.82, 2.24) is 0 Å². The van der Waals surface area contributed by atoms with E-state index in [0.29, 0.717) is 12.8 Å². The molecule has 4 heteroatoms. The molecule has 1 heterocycles. The van der Waals surface area contributed by atoms with Gasteiger partial charge in [0.05, 0.1) is 12.6 Å². The van der Waals surface area contributed by atoms with E-state index in [4.69, 9.17) is 10.2 Å². The number of hydrogen-bond donors (Lipinski definition) is 2. The molecule has 0 aromatic heterocycles. The standard InChI is InChI=1S/C6H9NO3/c8-4-1-2-5(6(9)10)7-3-4/h4,8H,1-3H2,(H,9,10)/t4-/m0/s1. The summed E-state index contributed by atoms with van der Waals surface area (Å²) >= 11 is 0. The Hall–Kier alpha value is -0.900. The van der Waals surface area contributed by atoms with Gasteiger partial charge in [0.2, 0.25) is 0 Å². The highest BCUT2D eigenvalue weighted by molar-refractivity contribution is 6.35. The Labute approximate surface area is 58.2 Å². The van der Waals surface area contributed by atoms with Crippen LogP contribution in [0.1, 0.15) is 12.8 Å². The Bertz CT molecular complexity index is 176. The number of aliphatic hydroxyl groups is 1. The Morgan fingerprint density at radius 2 is 2.40 bits per heavy atom. The molecule has 1 aliphatic rings. The van der Waals surface area contributed by atoms with Crippen LogP contribution in [0.25, 0.3) is 0 Å². The molecule has 10 heavy (non-hydrogen) atoms. The van der Waals surface area contributed by atoms with Crippen LogP contribution in [0.4, 0.5) is 0 Å². The van der Waals surface area contributed by atoms with Gasteiger partial charge >= 0.3 is 5.97 Å². The lowest BCUT2D eigenvalue weighted by atomic mass is 10.1. The van der Waals surface area contributed by atoms with Crippen LogP contribution in [0, 0.1) is 0 Å². The summed E-state index contributed by atoms with van der Waals surface area (Å²) in [5.74, 6) is -0.966. The largest absolute Gasteiger partial charge is 0.477 e. The van der Waals surface area contributed by atoms with Gasteiger partial charge in [-0.15, -0.1) is 0 Å². The summed E-state index contributed by atoms with van der Waals surface area (Å²) in [5, 5.41) is 17.3. The van der Waals surface area contributed by atoms with E-state index in [1.54, 1.807) is 0 Å². The van der Waals surface area contributed by atoms with E-state index in [9.17, 15) is 4.79 Å². The van der Waals surface area contributed by atoms with E-state index < -0.39 is 12.1 Å². The Morgan fingerprint density at radius 1 is 1.70 bits per heavy atom. The summed E-state index contributed by atoms with van der Waals surface area (Å²) in [6, 6.07) is 0. The summed E-state index contributed by atoms with van der Waals surface area (Å²) in [6.07, 6.45) is 0.463. The third-order valence-electron chi connectivity index (χ3n) is 1.45. The maximum atomic E-state index is 10.2. The molecule has 0 saturated carbocycles. The summed E-state index contributed by atoms with van der Waals surface area (Å²) in [7, 11) is 0. The van der Waals surface area contributed by atoms with Crippen LogP contribution >= 0.6 is 0 Å². The van der Waals surface area contributed by atoms with E-state index in [1.165, 1.54) is 0 Å². The van der Waals surface area contributed by atoms with Crippen LogP contribution in [0.2, 0.25) is 0 Å². The van der Waals surface area contributed by atoms with E-state index in [1.807, 2.05) is 0 Å². The van der Waals surface area contributed by atoms with Crippen molar-refractivity contribution in [3.63, 3.8) is 0 Å². The topological polar surface area (TPSA) is 69.9 Å². The second-order valence-corrected chi connectivity index (χ2v) is 2.29. The summed E-state index contributed by atoms with van der Waals surface area (Å²) in [4.78, 5) is 13.9. The minimum Gasteiger partial charge on any atom is -0.477 e. The Kier molecular flexibility index (Phi) is 2.01. The fourth-order valence-corrected chi connectivity index (χ4v) is 0.864. The van der Waals surface area contributed by atoms with Gasteiger partial charge in [0.15, 0.2) is 0 Å². The summed E-state index contributed by atoms with van der Waals surface area (Å²) in [6.45, 7) is 0.238. The van der Waals surface area contributed by atoms with Crippen LogP contribution in [-0.2, 0) is 4.79 Å². The lowest BCUT2D eigenvalue weighted by Crippen LogP contribution is -2.24. The number of aliphatic imine (C=N–C) groups is 1. The first-order chi connectivity index (χ1) is 4.70. The molecule has 1 atom stereocenters. The van der Waals surface area contributed by atoms with Crippen molar-refractivity contribution in [2.75, 3.05) is 6.54 Å². The maximum Gasteiger partial charge on any atom is 0.349 e. The molecule has 0 spiro atoms. The van der Waals surface area contributed by atoms with Gasteiger partial charge in [-0.2, -0.15) is 0 Å². The summed E-state index contributed by atoms with van der Waals surface area (Å²) in [5.41, 5.74) is 0.185. The Morgan fingerprint density at radius 3 is 2.80 bits per heavy atom. The number of carbonyl (C=O) groups is 1. The molecule has 0 aromatic rings. The molecule has 0 aliphatic carbocycles. The smallest absolute Gasteiger partial charge is 0.349 e. The predicted octanol–water partition coefficient (Wildman–Crippen LogP) is -0.333. The van der Waals surface area contributed by atoms with Crippen molar-refractivity contribution >= 4 is 11.7 Å². The molecule has 0 unspecified atom stereocenters. The summed E-state index contributed by atoms with van der Waals surface area (Å²) < 4.78 is 0. The lowest BCUT2D eigenvalue weighted by molar-refractivity contribution is -0.129. The molecule has 0 bridgehead atoms. The fourth-order valence-electron chi connectivity index (χ4n) is 0.864. The van der Waals surface area contributed by atoms with Gasteiger partial charge < -0.3 is 10.2 Å². The highest BCUT2D eigenvalue weighted by atomic mass is 16.4. The van der Waals surface area contributed by atoms with E-state index in [2.05, 4.69) is 4.99 Å². The van der Waals surface area contributed by atoms with Crippen LogP contribution in [-0.4, -0.2) is 34.5 Å². The zero-order valence-corrected chi connectivity index (χ0v) is 5.45. The molecule has 56 valence electrons. The van der Waals surface area contributed by atoms with Gasteiger partial charge in [-0.05, 0) is 12.8 Å². The molecule has 0 fully saturated rings. The van der Waals surface area contributed by atoms with Crippen molar-refractivity contribution < 1.29 is 15.0 Å². The highest BCUT2D eigenvalue weighted by Crippen LogP contribution is 2.06. The average Bonchev–Trinajstić information content (AvgIpc) is 1.88. The van der Waals surface area contributed by atoms with Gasteiger partial charge in [0.1, 0.15) is 5.71 Å². The highest BCUT2D eigenvalue weighted by Gasteiger charge is 2.16. The lowest BCUT2D eigenvalue weighted by Gasteiger charge is -2.13. The number of carboxylic acids is 1. The number of nitrogens with zero attached hydrogens (tertiary/aromatic N) is 1. The second-order valence-electron chi connectivity index (χ2n) is 2.29. The molecule has 1 rings (SSSR count). The molecule has 4 nitrogen and oxygen atoms in total. The number of hydrogen-bond acceptors (Lipinski definition) is 3. The minimum atomic E-state index is -0.966. The van der Waals surface area contributed by atoms with Gasteiger partial charge in [0.25, 0.3) is 0 Å². The fraction of sp³-hybridized carbons (Fsp3) is 0.667. The molecule has 2 N–H and O–H groups in total. The first-order valence-electron chi connectivity index (χ1n) is 3.15. The number of rotatable bonds is 1. The van der Waals surface area contributed by atoms with Crippen molar-refractivity contribution in [2.45, 2.75) is 18.9 Å². The zero-order valence-electron chi connectivity index (χ0n) is 5.45.